The van der Waals surface area contributed by atoms with Crippen LogP contribution >= 0.6 is 0 Å². The van der Waals surface area contributed by atoms with E-state index in [4.69, 9.17) is 18.9 Å². The Bertz CT molecular complexity index is 330. The first-order valence-electron chi connectivity index (χ1n) is 6.03. The van der Waals surface area contributed by atoms with Gasteiger partial charge in [0.15, 0.2) is 6.29 Å². The number of ether oxygens (including phenoxy) is 4. The molecule has 0 radical (unpaired) electrons. The fourth-order valence-corrected chi connectivity index (χ4v) is 2.01. The van der Waals surface area contributed by atoms with Crippen molar-refractivity contribution in [2.75, 3.05) is 13.7 Å². The average molecular weight is 276 g/mol. The lowest BCUT2D eigenvalue weighted by Crippen LogP contribution is -2.56. The van der Waals surface area contributed by atoms with E-state index in [0.29, 0.717) is 0 Å². The summed E-state index contributed by atoms with van der Waals surface area (Å²) in [7, 11) is 1.37. The maximum Gasteiger partial charge on any atom is 0.303 e. The molecule has 1 fully saturated rings. The molecule has 1 rings (SSSR count). The molecule has 7 heteroatoms. The van der Waals surface area contributed by atoms with Crippen molar-refractivity contribution in [3.63, 3.8) is 0 Å². The van der Waals surface area contributed by atoms with Gasteiger partial charge in [-0.3, -0.25) is 9.59 Å². The predicted octanol–water partition coefficient (Wildman–Crippen LogP) is -0.151. The first-order valence-corrected chi connectivity index (χ1v) is 6.03. The number of rotatable bonds is 4. The van der Waals surface area contributed by atoms with Crippen LogP contribution in [0.15, 0.2) is 0 Å². The number of carbonyl (C=O) groups excluding carboxylic acids is 2. The van der Waals surface area contributed by atoms with E-state index in [1.54, 1.807) is 6.92 Å². The van der Waals surface area contributed by atoms with Crippen molar-refractivity contribution in [2.24, 2.45) is 5.92 Å². The molecular weight excluding hydrogens is 256 g/mol. The molecule has 0 aliphatic carbocycles. The molecule has 1 aliphatic heterocycles. The standard InChI is InChI=1S/C12H20O7/c1-6-9(5-17-7(2)13)19-12(16-4)10(15)11(6)18-8(3)14/h6,9-12,15H,5H2,1-4H3/t6-,9?,10?,11-,12-/m1/s1. The van der Waals surface area contributed by atoms with Crippen LogP contribution in [0.25, 0.3) is 0 Å². The molecule has 0 amide bonds. The average Bonchev–Trinajstić information content (AvgIpc) is 2.33. The Hall–Kier alpha value is -1.18. The smallest absolute Gasteiger partial charge is 0.303 e. The van der Waals surface area contributed by atoms with Crippen molar-refractivity contribution in [2.45, 2.75) is 45.4 Å². The van der Waals surface area contributed by atoms with Gasteiger partial charge in [-0.1, -0.05) is 6.92 Å². The summed E-state index contributed by atoms with van der Waals surface area (Å²) >= 11 is 0. The Morgan fingerprint density at radius 3 is 2.37 bits per heavy atom. The van der Waals surface area contributed by atoms with Gasteiger partial charge in [0.2, 0.25) is 0 Å². The van der Waals surface area contributed by atoms with Crippen molar-refractivity contribution < 1.29 is 33.6 Å². The summed E-state index contributed by atoms with van der Waals surface area (Å²) in [6.07, 6.45) is -3.29. The van der Waals surface area contributed by atoms with Crippen LogP contribution in [-0.2, 0) is 28.5 Å². The minimum Gasteiger partial charge on any atom is -0.463 e. The molecule has 0 aromatic heterocycles. The summed E-state index contributed by atoms with van der Waals surface area (Å²) in [5.74, 6) is -1.26. The second kappa shape index (κ2) is 6.83. The SMILES string of the molecule is CO[C@@H]1OC(COC(C)=O)[C@@H](C)[C@@H](OC(C)=O)C1O. The van der Waals surface area contributed by atoms with Crippen molar-refractivity contribution in [1.29, 1.82) is 0 Å². The minimum absolute atomic E-state index is 0.0147. The lowest BCUT2D eigenvalue weighted by molar-refractivity contribution is -0.284. The fraction of sp³-hybridized carbons (Fsp3) is 0.833. The van der Waals surface area contributed by atoms with Crippen LogP contribution < -0.4 is 0 Å². The van der Waals surface area contributed by atoms with Crippen LogP contribution in [0.3, 0.4) is 0 Å². The van der Waals surface area contributed by atoms with Gasteiger partial charge in [-0.25, -0.2) is 0 Å². The Labute approximate surface area is 111 Å². The number of aliphatic hydroxyl groups is 1. The van der Waals surface area contributed by atoms with Gasteiger partial charge in [0.05, 0.1) is 0 Å². The molecule has 0 spiro atoms. The summed E-state index contributed by atoms with van der Waals surface area (Å²) in [4.78, 5) is 21.9. The molecular formula is C12H20O7. The first-order chi connectivity index (χ1) is 8.86. The van der Waals surface area contributed by atoms with Gasteiger partial charge in [0, 0.05) is 26.9 Å². The van der Waals surface area contributed by atoms with Gasteiger partial charge < -0.3 is 24.1 Å². The molecule has 1 aliphatic rings. The highest BCUT2D eigenvalue weighted by Crippen LogP contribution is 2.29. The number of hydrogen-bond acceptors (Lipinski definition) is 7. The number of methoxy groups -OCH3 is 1. The summed E-state index contributed by atoms with van der Waals surface area (Å²) in [5.41, 5.74) is 0. The molecule has 110 valence electrons. The zero-order valence-electron chi connectivity index (χ0n) is 11.5. The molecule has 1 N–H and O–H groups in total. The van der Waals surface area contributed by atoms with E-state index in [0.717, 1.165) is 0 Å². The molecule has 1 saturated heterocycles. The second-order valence-corrected chi connectivity index (χ2v) is 4.50. The second-order valence-electron chi connectivity index (χ2n) is 4.50. The zero-order chi connectivity index (χ0) is 14.6. The topological polar surface area (TPSA) is 91.3 Å². The van der Waals surface area contributed by atoms with E-state index in [9.17, 15) is 14.7 Å². The van der Waals surface area contributed by atoms with Crippen LogP contribution in [0, 0.1) is 5.92 Å². The van der Waals surface area contributed by atoms with Gasteiger partial charge in [-0.15, -0.1) is 0 Å². The molecule has 7 nitrogen and oxygen atoms in total. The summed E-state index contributed by atoms with van der Waals surface area (Å²) < 4.78 is 20.5. The van der Waals surface area contributed by atoms with E-state index < -0.39 is 36.5 Å². The number of hydrogen-bond donors (Lipinski definition) is 1. The first kappa shape index (κ1) is 15.9. The molecule has 0 saturated carbocycles. The van der Waals surface area contributed by atoms with Crippen molar-refractivity contribution in [1.82, 2.24) is 0 Å². The number of carbonyl (C=O) groups is 2. The zero-order valence-corrected chi connectivity index (χ0v) is 11.5. The Morgan fingerprint density at radius 2 is 1.89 bits per heavy atom. The third-order valence-corrected chi connectivity index (χ3v) is 3.01. The highest BCUT2D eigenvalue weighted by atomic mass is 16.7. The lowest BCUT2D eigenvalue weighted by atomic mass is 9.90. The van der Waals surface area contributed by atoms with Gasteiger partial charge in [0.1, 0.15) is 24.9 Å². The van der Waals surface area contributed by atoms with E-state index in [-0.39, 0.29) is 12.5 Å². The lowest BCUT2D eigenvalue weighted by Gasteiger charge is -2.42. The van der Waals surface area contributed by atoms with Crippen LogP contribution in [0.1, 0.15) is 20.8 Å². The molecule has 5 atom stereocenters. The Kier molecular flexibility index (Phi) is 5.71. The maximum atomic E-state index is 11.1. The molecule has 0 aromatic carbocycles. The monoisotopic (exact) mass is 276 g/mol. The molecule has 1 heterocycles. The van der Waals surface area contributed by atoms with E-state index in [1.807, 2.05) is 0 Å². The van der Waals surface area contributed by atoms with Crippen LogP contribution in [0.5, 0.6) is 0 Å². The van der Waals surface area contributed by atoms with Gasteiger partial charge in [-0.2, -0.15) is 0 Å². The van der Waals surface area contributed by atoms with E-state index in [2.05, 4.69) is 0 Å². The Morgan fingerprint density at radius 1 is 1.26 bits per heavy atom. The maximum absolute atomic E-state index is 11.1. The fourth-order valence-electron chi connectivity index (χ4n) is 2.01. The normalized spacial score (nSPS) is 34.7. The number of esters is 2. The van der Waals surface area contributed by atoms with Crippen molar-refractivity contribution >= 4 is 11.9 Å². The van der Waals surface area contributed by atoms with Crippen LogP contribution in [0.2, 0.25) is 0 Å². The van der Waals surface area contributed by atoms with Crippen molar-refractivity contribution in [3.8, 4) is 0 Å². The predicted molar refractivity (Wildman–Crippen MR) is 63.0 cm³/mol. The highest BCUT2D eigenvalue weighted by Gasteiger charge is 2.45. The summed E-state index contributed by atoms with van der Waals surface area (Å²) in [6.45, 7) is 4.31. The van der Waals surface area contributed by atoms with Gasteiger partial charge in [-0.05, 0) is 0 Å². The number of aliphatic hydroxyl groups excluding tert-OH is 1. The van der Waals surface area contributed by atoms with E-state index >= 15 is 0 Å². The molecule has 0 bridgehead atoms. The van der Waals surface area contributed by atoms with Crippen molar-refractivity contribution in [3.05, 3.63) is 0 Å². The third-order valence-electron chi connectivity index (χ3n) is 3.01. The van der Waals surface area contributed by atoms with Crippen LogP contribution in [0.4, 0.5) is 0 Å². The molecule has 0 aromatic rings. The minimum atomic E-state index is -1.09. The van der Waals surface area contributed by atoms with E-state index in [1.165, 1.54) is 21.0 Å². The highest BCUT2D eigenvalue weighted by molar-refractivity contribution is 5.66. The molecule has 2 unspecified atom stereocenters. The quantitative estimate of drug-likeness (QED) is 0.714. The molecule has 19 heavy (non-hydrogen) atoms. The largest absolute Gasteiger partial charge is 0.463 e. The Balaban J connectivity index is 2.77. The van der Waals surface area contributed by atoms with Crippen LogP contribution in [-0.4, -0.2) is 55.4 Å². The summed E-state index contributed by atoms with van der Waals surface area (Å²) in [5, 5.41) is 10.0. The van der Waals surface area contributed by atoms with Gasteiger partial charge in [0.25, 0.3) is 0 Å². The third kappa shape index (κ3) is 4.15. The van der Waals surface area contributed by atoms with Gasteiger partial charge >= 0.3 is 11.9 Å². The summed E-state index contributed by atoms with van der Waals surface area (Å²) in [6, 6.07) is 0.